The van der Waals surface area contributed by atoms with Crippen LogP contribution >= 0.6 is 0 Å². The standard InChI is InChI=1S/C13H16F2NO.Ti/c1-4-7-13(2,3)12(17)16-11-6-5-9(14)8-10(11)15;/h5-6H,4,7H2,1-3H3,(H,16,17);. The topological polar surface area (TPSA) is 29.1 Å². The fourth-order valence-corrected chi connectivity index (χ4v) is 1.57. The van der Waals surface area contributed by atoms with Gasteiger partial charge in [-0.05, 0) is 18.6 Å². The third-order valence-corrected chi connectivity index (χ3v) is 2.60. The van der Waals surface area contributed by atoms with Gasteiger partial charge in [0.1, 0.15) is 5.82 Å². The Balaban J connectivity index is 0.00000289. The van der Waals surface area contributed by atoms with Gasteiger partial charge in [-0.15, -0.1) is 0 Å². The second-order valence-electron chi connectivity index (χ2n) is 4.62. The van der Waals surface area contributed by atoms with Crippen LogP contribution in [0.15, 0.2) is 12.1 Å². The number of amides is 1. The second-order valence-corrected chi connectivity index (χ2v) is 4.62. The van der Waals surface area contributed by atoms with E-state index in [1.807, 2.05) is 13.0 Å². The zero-order chi connectivity index (χ0) is 13.1. The molecular formula is C13H16F2NOTi. The van der Waals surface area contributed by atoms with Crippen molar-refractivity contribution in [3.63, 3.8) is 0 Å². The van der Waals surface area contributed by atoms with E-state index in [1.54, 1.807) is 13.8 Å². The van der Waals surface area contributed by atoms with Crippen molar-refractivity contribution >= 4 is 11.6 Å². The quantitative estimate of drug-likeness (QED) is 0.844. The summed E-state index contributed by atoms with van der Waals surface area (Å²) in [4.78, 5) is 11.9. The summed E-state index contributed by atoms with van der Waals surface area (Å²) in [6, 6.07) is 4.14. The first kappa shape index (κ1) is 17.3. The Kier molecular flexibility index (Phi) is 6.72. The van der Waals surface area contributed by atoms with Crippen LogP contribution in [0.1, 0.15) is 33.6 Å². The van der Waals surface area contributed by atoms with Gasteiger partial charge < -0.3 is 5.32 Å². The molecule has 18 heavy (non-hydrogen) atoms. The van der Waals surface area contributed by atoms with Crippen LogP contribution in [0.25, 0.3) is 0 Å². The van der Waals surface area contributed by atoms with E-state index in [9.17, 15) is 13.6 Å². The Morgan fingerprint density at radius 3 is 2.50 bits per heavy atom. The Morgan fingerprint density at radius 2 is 2.00 bits per heavy atom. The minimum atomic E-state index is -0.884. The van der Waals surface area contributed by atoms with E-state index in [4.69, 9.17) is 0 Å². The number of halogens is 2. The molecule has 1 rings (SSSR count). The van der Waals surface area contributed by atoms with Crippen molar-refractivity contribution in [3.8, 4) is 0 Å². The van der Waals surface area contributed by atoms with E-state index in [2.05, 4.69) is 5.32 Å². The maximum Gasteiger partial charge on any atom is 0.230 e. The van der Waals surface area contributed by atoms with Gasteiger partial charge in [-0.3, -0.25) is 4.79 Å². The van der Waals surface area contributed by atoms with Gasteiger partial charge in [0.25, 0.3) is 0 Å². The average molecular weight is 288 g/mol. The Hall–Kier alpha value is -0.736. The summed E-state index contributed by atoms with van der Waals surface area (Å²) in [6.07, 6.45) is 1.56. The van der Waals surface area contributed by atoms with E-state index in [0.29, 0.717) is 6.42 Å². The fraction of sp³-hybridized carbons (Fsp3) is 0.462. The Morgan fingerprint density at radius 1 is 1.39 bits per heavy atom. The van der Waals surface area contributed by atoms with Gasteiger partial charge in [0, 0.05) is 27.1 Å². The van der Waals surface area contributed by atoms with E-state index < -0.39 is 17.0 Å². The molecule has 0 fully saturated rings. The molecule has 0 spiro atoms. The Bertz CT molecular complexity index is 421. The van der Waals surface area contributed by atoms with Crippen molar-refractivity contribution in [2.75, 3.05) is 5.32 Å². The zero-order valence-corrected chi connectivity index (χ0v) is 12.3. The number of carbonyl (C=O) groups excluding carboxylic acids is 1. The molecule has 1 aromatic rings. The first-order valence-corrected chi connectivity index (χ1v) is 5.55. The van der Waals surface area contributed by atoms with Crippen LogP contribution < -0.4 is 5.32 Å². The maximum absolute atomic E-state index is 13.3. The molecule has 5 heteroatoms. The van der Waals surface area contributed by atoms with Gasteiger partial charge in [0.2, 0.25) is 5.91 Å². The van der Waals surface area contributed by atoms with Crippen molar-refractivity contribution in [2.45, 2.75) is 33.6 Å². The molecule has 0 saturated carbocycles. The number of rotatable bonds is 4. The smallest absolute Gasteiger partial charge is 0.230 e. The van der Waals surface area contributed by atoms with Crippen molar-refractivity contribution < 1.29 is 35.3 Å². The molecule has 0 atom stereocenters. The van der Waals surface area contributed by atoms with Gasteiger partial charge in [-0.1, -0.05) is 27.2 Å². The van der Waals surface area contributed by atoms with Crippen LogP contribution in [0, 0.1) is 23.1 Å². The number of hydrogen-bond acceptors (Lipinski definition) is 1. The van der Waals surface area contributed by atoms with Gasteiger partial charge >= 0.3 is 0 Å². The van der Waals surface area contributed by atoms with Crippen LogP contribution in [0.3, 0.4) is 0 Å². The van der Waals surface area contributed by atoms with Crippen LogP contribution in [0.5, 0.6) is 0 Å². The van der Waals surface area contributed by atoms with E-state index in [-0.39, 0.29) is 33.3 Å². The molecule has 97 valence electrons. The largest absolute Gasteiger partial charge is 0.323 e. The molecule has 0 saturated heterocycles. The molecule has 1 radical (unpaired) electrons. The molecule has 1 aromatic carbocycles. The SMILES string of the molecule is CCCC(C)(C)C(=O)Nc1ccc(F)[c]c1F.[Ti]. The number of hydrogen-bond donors (Lipinski definition) is 1. The van der Waals surface area contributed by atoms with Gasteiger partial charge in [0.15, 0.2) is 5.82 Å². The molecule has 0 bridgehead atoms. The maximum atomic E-state index is 13.3. The summed E-state index contributed by atoms with van der Waals surface area (Å²) in [5.41, 5.74) is -0.615. The third-order valence-electron chi connectivity index (χ3n) is 2.60. The summed E-state index contributed by atoms with van der Waals surface area (Å²) in [7, 11) is 0. The number of nitrogens with one attached hydrogen (secondary N) is 1. The minimum Gasteiger partial charge on any atom is -0.323 e. The van der Waals surface area contributed by atoms with Gasteiger partial charge in [-0.25, -0.2) is 8.78 Å². The van der Waals surface area contributed by atoms with Crippen molar-refractivity contribution in [2.24, 2.45) is 5.41 Å². The van der Waals surface area contributed by atoms with Crippen molar-refractivity contribution in [1.29, 1.82) is 0 Å². The van der Waals surface area contributed by atoms with Crippen molar-refractivity contribution in [3.05, 3.63) is 29.8 Å². The van der Waals surface area contributed by atoms with Crippen LogP contribution in [-0.4, -0.2) is 5.91 Å². The number of carbonyl (C=O) groups is 1. The summed E-state index contributed by atoms with van der Waals surface area (Å²) >= 11 is 0. The summed E-state index contributed by atoms with van der Waals surface area (Å²) in [5, 5.41) is 2.45. The molecule has 2 nitrogen and oxygen atoms in total. The zero-order valence-electron chi connectivity index (χ0n) is 10.7. The predicted octanol–water partition coefficient (Wildman–Crippen LogP) is 3.53. The Labute approximate surface area is 121 Å². The molecule has 0 aliphatic carbocycles. The number of anilines is 1. The molecule has 1 amide bonds. The fourth-order valence-electron chi connectivity index (χ4n) is 1.57. The molecule has 0 unspecified atom stereocenters. The first-order chi connectivity index (χ1) is 7.86. The van der Waals surface area contributed by atoms with Gasteiger partial charge in [-0.2, -0.15) is 0 Å². The van der Waals surface area contributed by atoms with E-state index >= 15 is 0 Å². The molecule has 0 heterocycles. The predicted molar refractivity (Wildman–Crippen MR) is 62.5 cm³/mol. The molecule has 0 aliphatic rings. The van der Waals surface area contributed by atoms with Crippen LogP contribution in [-0.2, 0) is 26.5 Å². The molecule has 0 aliphatic heterocycles. The summed E-state index contributed by atoms with van der Waals surface area (Å²) < 4.78 is 25.9. The molecule has 1 N–H and O–H groups in total. The van der Waals surface area contributed by atoms with E-state index in [0.717, 1.165) is 12.5 Å². The minimum absolute atomic E-state index is 0. The normalized spacial score (nSPS) is 10.7. The molecular weight excluding hydrogens is 272 g/mol. The van der Waals surface area contributed by atoms with Gasteiger partial charge in [0.05, 0.1) is 11.8 Å². The summed E-state index contributed by atoms with van der Waals surface area (Å²) in [5.74, 6) is -1.95. The second kappa shape index (κ2) is 7.00. The van der Waals surface area contributed by atoms with Crippen LogP contribution in [0.4, 0.5) is 14.5 Å². The third kappa shape index (κ3) is 4.50. The average Bonchev–Trinajstić information content (AvgIpc) is 2.22. The first-order valence-electron chi connectivity index (χ1n) is 5.55. The van der Waals surface area contributed by atoms with Crippen molar-refractivity contribution in [1.82, 2.24) is 0 Å². The van der Waals surface area contributed by atoms with Crippen LogP contribution in [0.2, 0.25) is 0 Å². The van der Waals surface area contributed by atoms with E-state index in [1.165, 1.54) is 6.07 Å². The summed E-state index contributed by atoms with van der Waals surface area (Å²) in [6.45, 7) is 5.55. The molecule has 0 aromatic heterocycles. The number of benzene rings is 1. The monoisotopic (exact) mass is 288 g/mol.